The van der Waals surface area contributed by atoms with Gasteiger partial charge >= 0.3 is 5.97 Å². The standard InChI is InChI=1S/C14H14N4O4/c1-7-5-9(11(17-7)14(21)22-2)18-13(20)8-3-4-16-10(6-8)12(15)19/h3-6,17H,1-2H3,(H2,15,19)(H,18,20). The highest BCUT2D eigenvalue weighted by molar-refractivity contribution is 6.08. The van der Waals surface area contributed by atoms with Crippen molar-refractivity contribution in [3.8, 4) is 0 Å². The van der Waals surface area contributed by atoms with Crippen LogP contribution in [0.2, 0.25) is 0 Å². The number of aromatic nitrogens is 2. The Morgan fingerprint density at radius 3 is 2.68 bits per heavy atom. The molecular weight excluding hydrogens is 288 g/mol. The first kappa shape index (κ1) is 15.2. The molecule has 0 aliphatic heterocycles. The Hall–Kier alpha value is -3.16. The van der Waals surface area contributed by atoms with Crippen LogP contribution in [0, 0.1) is 6.92 Å². The molecule has 8 heteroatoms. The number of pyridine rings is 1. The van der Waals surface area contributed by atoms with Crippen LogP contribution in [0.4, 0.5) is 5.69 Å². The van der Waals surface area contributed by atoms with E-state index in [1.54, 1.807) is 13.0 Å². The van der Waals surface area contributed by atoms with Gasteiger partial charge in [0.05, 0.1) is 12.8 Å². The molecule has 22 heavy (non-hydrogen) atoms. The number of hydrogen-bond acceptors (Lipinski definition) is 5. The molecule has 4 N–H and O–H groups in total. The summed E-state index contributed by atoms with van der Waals surface area (Å²) in [7, 11) is 1.24. The maximum Gasteiger partial charge on any atom is 0.356 e. The number of H-pyrrole nitrogens is 1. The van der Waals surface area contributed by atoms with Crippen LogP contribution in [0.15, 0.2) is 24.4 Å². The van der Waals surface area contributed by atoms with Gasteiger partial charge in [0.15, 0.2) is 0 Å². The molecule has 0 saturated heterocycles. The first-order valence-electron chi connectivity index (χ1n) is 6.27. The van der Waals surface area contributed by atoms with E-state index in [2.05, 4.69) is 20.0 Å². The number of nitrogens with one attached hydrogen (secondary N) is 2. The number of esters is 1. The first-order chi connectivity index (χ1) is 10.4. The van der Waals surface area contributed by atoms with Crippen molar-refractivity contribution in [3.63, 3.8) is 0 Å². The lowest BCUT2D eigenvalue weighted by molar-refractivity contribution is 0.0595. The maximum atomic E-state index is 12.2. The Kier molecular flexibility index (Phi) is 4.21. The van der Waals surface area contributed by atoms with Crippen LogP contribution < -0.4 is 11.1 Å². The maximum absolute atomic E-state index is 12.2. The van der Waals surface area contributed by atoms with Crippen molar-refractivity contribution >= 4 is 23.5 Å². The Morgan fingerprint density at radius 2 is 2.05 bits per heavy atom. The van der Waals surface area contributed by atoms with E-state index in [0.29, 0.717) is 5.69 Å². The summed E-state index contributed by atoms with van der Waals surface area (Å²) in [6, 6.07) is 4.30. The molecule has 0 fully saturated rings. The Labute approximate surface area is 125 Å². The number of ether oxygens (including phenoxy) is 1. The second-order valence-electron chi connectivity index (χ2n) is 4.48. The Balaban J connectivity index is 2.28. The van der Waals surface area contributed by atoms with Crippen LogP contribution in [0.5, 0.6) is 0 Å². The van der Waals surface area contributed by atoms with Gasteiger partial charge in [-0.2, -0.15) is 0 Å². The number of nitrogens with zero attached hydrogens (tertiary/aromatic N) is 1. The molecule has 0 aliphatic rings. The number of aromatic amines is 1. The molecule has 2 aromatic heterocycles. The van der Waals surface area contributed by atoms with Crippen LogP contribution in [-0.2, 0) is 4.74 Å². The Bertz CT molecular complexity index is 751. The lowest BCUT2D eigenvalue weighted by atomic mass is 10.2. The normalized spacial score (nSPS) is 10.1. The van der Waals surface area contributed by atoms with Gasteiger partial charge in [-0.15, -0.1) is 0 Å². The number of methoxy groups -OCH3 is 1. The first-order valence-corrected chi connectivity index (χ1v) is 6.27. The lowest BCUT2D eigenvalue weighted by Gasteiger charge is -2.06. The summed E-state index contributed by atoms with van der Waals surface area (Å²) in [5.74, 6) is -1.84. The zero-order valence-electron chi connectivity index (χ0n) is 12.0. The minimum atomic E-state index is -0.734. The molecule has 0 unspecified atom stereocenters. The smallest absolute Gasteiger partial charge is 0.356 e. The predicted octanol–water partition coefficient (Wildman–Crippen LogP) is 0.856. The van der Waals surface area contributed by atoms with Crippen LogP contribution >= 0.6 is 0 Å². The van der Waals surface area contributed by atoms with E-state index < -0.39 is 17.8 Å². The third kappa shape index (κ3) is 3.11. The van der Waals surface area contributed by atoms with E-state index >= 15 is 0 Å². The van der Waals surface area contributed by atoms with Gasteiger partial charge in [-0.05, 0) is 25.1 Å². The van der Waals surface area contributed by atoms with Gasteiger partial charge in [0.1, 0.15) is 11.4 Å². The summed E-state index contributed by atoms with van der Waals surface area (Å²) in [6.07, 6.45) is 1.30. The van der Waals surface area contributed by atoms with E-state index in [4.69, 9.17) is 5.73 Å². The number of aryl methyl sites for hydroxylation is 1. The number of rotatable bonds is 4. The SMILES string of the molecule is COC(=O)c1[nH]c(C)cc1NC(=O)c1ccnc(C(N)=O)c1. The van der Waals surface area contributed by atoms with Gasteiger partial charge in [0.25, 0.3) is 11.8 Å². The molecule has 2 amide bonds. The minimum absolute atomic E-state index is 0.0221. The fourth-order valence-corrected chi connectivity index (χ4v) is 1.85. The number of primary amides is 1. The third-order valence-electron chi connectivity index (χ3n) is 2.86. The van der Waals surface area contributed by atoms with Crippen molar-refractivity contribution in [2.24, 2.45) is 5.73 Å². The molecule has 8 nitrogen and oxygen atoms in total. The number of amides is 2. The molecule has 0 aliphatic carbocycles. The van der Waals surface area contributed by atoms with E-state index in [0.717, 1.165) is 0 Å². The van der Waals surface area contributed by atoms with Crippen molar-refractivity contribution in [1.82, 2.24) is 9.97 Å². The zero-order valence-corrected chi connectivity index (χ0v) is 12.0. The average molecular weight is 302 g/mol. The number of carbonyl (C=O) groups excluding carboxylic acids is 3. The summed E-state index contributed by atoms with van der Waals surface area (Å²) in [5.41, 5.74) is 6.40. The summed E-state index contributed by atoms with van der Waals surface area (Å²) in [4.78, 5) is 41.5. The molecule has 2 rings (SSSR count). The highest BCUT2D eigenvalue weighted by atomic mass is 16.5. The van der Waals surface area contributed by atoms with Crippen molar-refractivity contribution in [1.29, 1.82) is 0 Å². The monoisotopic (exact) mass is 302 g/mol. The minimum Gasteiger partial charge on any atom is -0.464 e. The number of hydrogen-bond donors (Lipinski definition) is 3. The zero-order chi connectivity index (χ0) is 16.3. The van der Waals surface area contributed by atoms with Crippen molar-refractivity contribution in [2.45, 2.75) is 6.92 Å². The molecular formula is C14H14N4O4. The predicted molar refractivity (Wildman–Crippen MR) is 77.6 cm³/mol. The van der Waals surface area contributed by atoms with Crippen molar-refractivity contribution in [3.05, 3.63) is 47.0 Å². The Morgan fingerprint density at radius 1 is 1.32 bits per heavy atom. The highest BCUT2D eigenvalue weighted by Gasteiger charge is 2.18. The molecule has 0 bridgehead atoms. The third-order valence-corrected chi connectivity index (χ3v) is 2.86. The number of carbonyl (C=O) groups is 3. The van der Waals surface area contributed by atoms with E-state index in [-0.39, 0.29) is 22.6 Å². The van der Waals surface area contributed by atoms with Crippen LogP contribution in [-0.4, -0.2) is 34.9 Å². The van der Waals surface area contributed by atoms with Gasteiger partial charge in [0.2, 0.25) is 0 Å². The lowest BCUT2D eigenvalue weighted by Crippen LogP contribution is -2.17. The van der Waals surface area contributed by atoms with Gasteiger partial charge < -0.3 is 20.8 Å². The summed E-state index contributed by atoms with van der Waals surface area (Å²) >= 11 is 0. The molecule has 0 aromatic carbocycles. The van der Waals surface area contributed by atoms with E-state index in [1.807, 2.05) is 0 Å². The van der Waals surface area contributed by atoms with Gasteiger partial charge in [0, 0.05) is 17.5 Å². The van der Waals surface area contributed by atoms with Crippen LogP contribution in [0.1, 0.15) is 37.0 Å². The molecule has 0 radical (unpaired) electrons. The summed E-state index contributed by atoms with van der Waals surface area (Å²) in [6.45, 7) is 1.74. The largest absolute Gasteiger partial charge is 0.464 e. The molecule has 0 spiro atoms. The second kappa shape index (κ2) is 6.08. The quantitative estimate of drug-likeness (QED) is 0.722. The van der Waals surface area contributed by atoms with Gasteiger partial charge in [-0.1, -0.05) is 0 Å². The fourth-order valence-electron chi connectivity index (χ4n) is 1.85. The van der Waals surface area contributed by atoms with Gasteiger partial charge in [-0.3, -0.25) is 14.6 Å². The number of nitrogens with two attached hydrogens (primary N) is 1. The van der Waals surface area contributed by atoms with Crippen LogP contribution in [0.25, 0.3) is 0 Å². The molecule has 2 aromatic rings. The highest BCUT2D eigenvalue weighted by Crippen LogP contribution is 2.19. The summed E-state index contributed by atoms with van der Waals surface area (Å²) < 4.78 is 4.64. The van der Waals surface area contributed by atoms with Crippen LogP contribution in [0.3, 0.4) is 0 Å². The second-order valence-corrected chi connectivity index (χ2v) is 4.48. The molecule has 0 atom stereocenters. The van der Waals surface area contributed by atoms with Gasteiger partial charge in [-0.25, -0.2) is 4.79 Å². The molecule has 2 heterocycles. The fraction of sp³-hybridized carbons (Fsp3) is 0.143. The van der Waals surface area contributed by atoms with E-state index in [1.165, 1.54) is 25.4 Å². The number of anilines is 1. The molecule has 0 saturated carbocycles. The average Bonchev–Trinajstić information content (AvgIpc) is 2.87. The van der Waals surface area contributed by atoms with Crippen molar-refractivity contribution < 1.29 is 19.1 Å². The van der Waals surface area contributed by atoms with E-state index in [9.17, 15) is 14.4 Å². The topological polar surface area (TPSA) is 127 Å². The van der Waals surface area contributed by atoms with Crippen molar-refractivity contribution in [2.75, 3.05) is 12.4 Å². The summed E-state index contributed by atoms with van der Waals surface area (Å²) in [5, 5.41) is 2.58. The molecule has 114 valence electrons.